The van der Waals surface area contributed by atoms with E-state index in [2.05, 4.69) is 0 Å². The summed E-state index contributed by atoms with van der Waals surface area (Å²) in [6.45, 7) is 3.98. The predicted molar refractivity (Wildman–Crippen MR) is 35.4 cm³/mol. The maximum absolute atomic E-state index is 4.96. The van der Waals surface area contributed by atoms with E-state index in [0.717, 1.165) is 5.76 Å². The van der Waals surface area contributed by atoms with Gasteiger partial charge in [0.1, 0.15) is 5.76 Å². The second-order valence-electron chi connectivity index (χ2n) is 1.66. The maximum atomic E-state index is 4.96. The van der Waals surface area contributed by atoms with Gasteiger partial charge in [0.25, 0.3) is 0 Å². The molecule has 0 bridgehead atoms. The van der Waals surface area contributed by atoms with Crippen molar-refractivity contribution >= 4 is 12.4 Å². The van der Waals surface area contributed by atoms with Gasteiger partial charge in [0.15, 0.2) is 0 Å². The third-order valence-corrected chi connectivity index (χ3v) is 1.12. The number of aryl methyl sites for hydroxylation is 2. The molecular formula is C6H9ClO. The molecule has 0 unspecified atom stereocenters. The molecule has 1 aromatic rings. The Morgan fingerprint density at radius 2 is 2.00 bits per heavy atom. The molecule has 0 aliphatic heterocycles. The second-order valence-corrected chi connectivity index (χ2v) is 1.66. The maximum Gasteiger partial charge on any atom is 0.103 e. The minimum Gasteiger partial charge on any atom is -0.469 e. The lowest BCUT2D eigenvalue weighted by Gasteiger charge is -1.79. The van der Waals surface area contributed by atoms with Gasteiger partial charge in [-0.15, -0.1) is 12.4 Å². The lowest BCUT2D eigenvalue weighted by molar-refractivity contribution is 0.532. The zero-order valence-electron chi connectivity index (χ0n) is 4.97. The van der Waals surface area contributed by atoms with Gasteiger partial charge in [0, 0.05) is 0 Å². The summed E-state index contributed by atoms with van der Waals surface area (Å²) >= 11 is 0. The lowest BCUT2D eigenvalue weighted by Crippen LogP contribution is -1.63. The van der Waals surface area contributed by atoms with Gasteiger partial charge in [0.2, 0.25) is 0 Å². The molecule has 0 spiro atoms. The Balaban J connectivity index is 0.000000490. The highest BCUT2D eigenvalue weighted by Crippen LogP contribution is 2.04. The van der Waals surface area contributed by atoms with E-state index in [0.29, 0.717) is 0 Å². The van der Waals surface area contributed by atoms with Gasteiger partial charge in [-0.2, -0.15) is 0 Å². The summed E-state index contributed by atoms with van der Waals surface area (Å²) in [5.74, 6) is 1.01. The standard InChI is InChI=1S/C6H8O.ClH/c1-5-3-4-7-6(5)2;/h3-4H,1-2H3;1H. The summed E-state index contributed by atoms with van der Waals surface area (Å²) in [6.07, 6.45) is 1.70. The fraction of sp³-hybridized carbons (Fsp3) is 0.333. The molecule has 0 saturated carbocycles. The van der Waals surface area contributed by atoms with Crippen LogP contribution in [-0.4, -0.2) is 0 Å². The van der Waals surface area contributed by atoms with E-state index in [1.807, 2.05) is 19.9 Å². The quantitative estimate of drug-likeness (QED) is 0.528. The first kappa shape index (κ1) is 7.57. The topological polar surface area (TPSA) is 13.1 Å². The summed E-state index contributed by atoms with van der Waals surface area (Å²) in [6, 6.07) is 1.95. The molecule has 0 saturated heterocycles. The van der Waals surface area contributed by atoms with Crippen LogP contribution in [-0.2, 0) is 0 Å². The smallest absolute Gasteiger partial charge is 0.103 e. The Kier molecular flexibility index (Phi) is 2.63. The third kappa shape index (κ3) is 1.27. The van der Waals surface area contributed by atoms with Crippen LogP contribution in [0.4, 0.5) is 0 Å². The summed E-state index contributed by atoms with van der Waals surface area (Å²) in [5, 5.41) is 0. The third-order valence-electron chi connectivity index (χ3n) is 1.12. The van der Waals surface area contributed by atoms with E-state index in [-0.39, 0.29) is 12.4 Å². The lowest BCUT2D eigenvalue weighted by atomic mass is 10.3. The molecule has 1 nitrogen and oxygen atoms in total. The minimum atomic E-state index is 0. The first-order chi connectivity index (χ1) is 3.30. The Morgan fingerprint density at radius 3 is 2.12 bits per heavy atom. The number of furan rings is 1. The van der Waals surface area contributed by atoms with E-state index in [9.17, 15) is 0 Å². The van der Waals surface area contributed by atoms with E-state index < -0.39 is 0 Å². The molecular weight excluding hydrogens is 124 g/mol. The Hall–Kier alpha value is -0.430. The predicted octanol–water partition coefficient (Wildman–Crippen LogP) is 2.32. The van der Waals surface area contributed by atoms with Crippen LogP contribution in [0.25, 0.3) is 0 Å². The first-order valence-electron chi connectivity index (χ1n) is 2.31. The van der Waals surface area contributed by atoms with Crippen LogP contribution >= 0.6 is 12.4 Å². The molecule has 1 heterocycles. The van der Waals surface area contributed by atoms with E-state index in [1.165, 1.54) is 5.56 Å². The second kappa shape index (κ2) is 2.78. The van der Waals surface area contributed by atoms with Crippen molar-refractivity contribution in [3.63, 3.8) is 0 Å². The number of rotatable bonds is 0. The van der Waals surface area contributed by atoms with Gasteiger partial charge in [-0.1, -0.05) is 0 Å². The number of hydrogen-bond donors (Lipinski definition) is 0. The number of hydrogen-bond acceptors (Lipinski definition) is 1. The van der Waals surface area contributed by atoms with Crippen molar-refractivity contribution in [3.8, 4) is 0 Å². The van der Waals surface area contributed by atoms with Gasteiger partial charge in [-0.05, 0) is 25.5 Å². The summed E-state index contributed by atoms with van der Waals surface area (Å²) in [7, 11) is 0. The molecule has 0 radical (unpaired) electrons. The highest BCUT2D eigenvalue weighted by atomic mass is 35.5. The van der Waals surface area contributed by atoms with Crippen molar-refractivity contribution in [2.75, 3.05) is 0 Å². The van der Waals surface area contributed by atoms with E-state index in [4.69, 9.17) is 4.42 Å². The summed E-state index contributed by atoms with van der Waals surface area (Å²) in [5.41, 5.74) is 1.22. The molecule has 0 N–H and O–H groups in total. The normalized spacial score (nSPS) is 8.25. The van der Waals surface area contributed by atoms with Gasteiger partial charge >= 0.3 is 0 Å². The van der Waals surface area contributed by atoms with Crippen LogP contribution in [0.2, 0.25) is 0 Å². The molecule has 1 rings (SSSR count). The van der Waals surface area contributed by atoms with Crippen LogP contribution in [0.15, 0.2) is 16.7 Å². The van der Waals surface area contributed by atoms with Crippen molar-refractivity contribution in [2.45, 2.75) is 13.8 Å². The fourth-order valence-electron chi connectivity index (χ4n) is 0.448. The SMILES string of the molecule is Cc1ccoc1C.Cl. The molecule has 0 aliphatic rings. The van der Waals surface area contributed by atoms with Gasteiger partial charge < -0.3 is 4.42 Å². The largest absolute Gasteiger partial charge is 0.469 e. The average molecular weight is 133 g/mol. The first-order valence-corrected chi connectivity index (χ1v) is 2.31. The highest BCUT2D eigenvalue weighted by molar-refractivity contribution is 5.85. The Morgan fingerprint density at radius 1 is 1.38 bits per heavy atom. The Labute approximate surface area is 55.1 Å². The highest BCUT2D eigenvalue weighted by Gasteiger charge is 1.88. The van der Waals surface area contributed by atoms with E-state index >= 15 is 0 Å². The molecule has 0 fully saturated rings. The number of halogens is 1. The van der Waals surface area contributed by atoms with Crippen molar-refractivity contribution in [1.29, 1.82) is 0 Å². The van der Waals surface area contributed by atoms with Gasteiger partial charge in [-0.3, -0.25) is 0 Å². The molecule has 2 heteroatoms. The molecule has 0 aliphatic carbocycles. The Bertz CT molecular complexity index is 141. The molecule has 0 amide bonds. The van der Waals surface area contributed by atoms with Crippen LogP contribution < -0.4 is 0 Å². The minimum absolute atomic E-state index is 0. The van der Waals surface area contributed by atoms with Crippen molar-refractivity contribution in [3.05, 3.63) is 23.7 Å². The van der Waals surface area contributed by atoms with Crippen molar-refractivity contribution < 1.29 is 4.42 Å². The fourth-order valence-corrected chi connectivity index (χ4v) is 0.448. The van der Waals surface area contributed by atoms with Crippen LogP contribution in [0.1, 0.15) is 11.3 Å². The van der Waals surface area contributed by atoms with E-state index in [1.54, 1.807) is 6.26 Å². The molecule has 0 atom stereocenters. The average Bonchev–Trinajstić information content (AvgIpc) is 1.91. The molecule has 8 heavy (non-hydrogen) atoms. The van der Waals surface area contributed by atoms with Gasteiger partial charge in [-0.25, -0.2) is 0 Å². The zero-order chi connectivity index (χ0) is 5.28. The van der Waals surface area contributed by atoms with Crippen LogP contribution in [0.3, 0.4) is 0 Å². The summed E-state index contributed by atoms with van der Waals surface area (Å²) in [4.78, 5) is 0. The zero-order valence-corrected chi connectivity index (χ0v) is 5.79. The monoisotopic (exact) mass is 132 g/mol. The van der Waals surface area contributed by atoms with Crippen LogP contribution in [0.5, 0.6) is 0 Å². The van der Waals surface area contributed by atoms with Gasteiger partial charge in [0.05, 0.1) is 6.26 Å². The molecule has 46 valence electrons. The summed E-state index contributed by atoms with van der Waals surface area (Å²) < 4.78 is 4.96. The van der Waals surface area contributed by atoms with Crippen molar-refractivity contribution in [1.82, 2.24) is 0 Å². The molecule has 0 aromatic carbocycles. The van der Waals surface area contributed by atoms with Crippen molar-refractivity contribution in [2.24, 2.45) is 0 Å². The molecule has 1 aromatic heterocycles. The van der Waals surface area contributed by atoms with Crippen LogP contribution in [0, 0.1) is 13.8 Å².